The van der Waals surface area contributed by atoms with Gasteiger partial charge in [0.25, 0.3) is 0 Å². The number of imidazole rings is 1. The van der Waals surface area contributed by atoms with E-state index in [0.29, 0.717) is 21.6 Å². The number of halogens is 2. The van der Waals surface area contributed by atoms with Crippen LogP contribution in [0.25, 0.3) is 11.0 Å². The van der Waals surface area contributed by atoms with Crippen molar-refractivity contribution >= 4 is 51.8 Å². The number of hydrogen-bond donors (Lipinski definition) is 1. The lowest BCUT2D eigenvalue weighted by Gasteiger charge is -2.07. The van der Waals surface area contributed by atoms with Crippen molar-refractivity contribution in [2.24, 2.45) is 0 Å². The van der Waals surface area contributed by atoms with Crippen LogP contribution in [0, 0.1) is 0 Å². The summed E-state index contributed by atoms with van der Waals surface area (Å²) in [5, 5.41) is 1.11. The number of benzene rings is 3. The van der Waals surface area contributed by atoms with Gasteiger partial charge in [0.2, 0.25) is 5.78 Å². The van der Waals surface area contributed by atoms with Crippen LogP contribution in [0.1, 0.15) is 16.2 Å². The van der Waals surface area contributed by atoms with Crippen molar-refractivity contribution < 1.29 is 9.53 Å². The van der Waals surface area contributed by atoms with Gasteiger partial charge < -0.3 is 9.72 Å². The fraction of sp³-hybridized carbons (Fsp3) is 0.0909. The largest absolute Gasteiger partial charge is 0.485 e. The molecule has 0 aliphatic carbocycles. The van der Waals surface area contributed by atoms with Crippen molar-refractivity contribution in [2.45, 2.75) is 10.6 Å². The minimum Gasteiger partial charge on any atom is -0.485 e. The van der Waals surface area contributed by atoms with Gasteiger partial charge in [0.15, 0.2) is 12.4 Å². The maximum absolute atomic E-state index is 12.3. The van der Waals surface area contributed by atoms with E-state index in [4.69, 9.17) is 27.9 Å². The summed E-state index contributed by atoms with van der Waals surface area (Å²) in [6.07, 6.45) is 0. The van der Waals surface area contributed by atoms with E-state index in [1.54, 1.807) is 17.8 Å². The monoisotopic (exact) mass is 442 g/mol. The molecule has 4 rings (SSSR count). The number of carbonyl (C=O) groups is 1. The molecule has 29 heavy (non-hydrogen) atoms. The van der Waals surface area contributed by atoms with Crippen LogP contribution in [-0.4, -0.2) is 22.4 Å². The molecule has 0 atom stereocenters. The second-order valence-electron chi connectivity index (χ2n) is 6.32. The van der Waals surface area contributed by atoms with Crippen molar-refractivity contribution in [3.63, 3.8) is 0 Å². The molecule has 0 unspecified atom stereocenters. The molecule has 4 nitrogen and oxygen atoms in total. The zero-order chi connectivity index (χ0) is 20.2. The summed E-state index contributed by atoms with van der Waals surface area (Å²) in [6, 6.07) is 20.8. The van der Waals surface area contributed by atoms with Crippen molar-refractivity contribution in [3.05, 3.63) is 88.2 Å². The molecular formula is C22H16Cl2N2O2S. The number of H-pyrrole nitrogens is 1. The van der Waals surface area contributed by atoms with Crippen LogP contribution in [0.2, 0.25) is 10.0 Å². The summed E-state index contributed by atoms with van der Waals surface area (Å²) in [5.74, 6) is 1.52. The Kier molecular flexibility index (Phi) is 6.09. The molecule has 0 saturated heterocycles. The molecule has 146 valence electrons. The van der Waals surface area contributed by atoms with E-state index in [9.17, 15) is 4.79 Å². The van der Waals surface area contributed by atoms with Crippen molar-refractivity contribution in [2.75, 3.05) is 6.61 Å². The summed E-state index contributed by atoms with van der Waals surface area (Å²) in [6.45, 7) is -0.0738. The number of fused-ring (bicyclic) bond motifs is 1. The molecule has 1 N–H and O–H groups in total. The molecule has 0 spiro atoms. The van der Waals surface area contributed by atoms with Gasteiger partial charge >= 0.3 is 0 Å². The second-order valence-corrected chi connectivity index (χ2v) is 8.19. The average Bonchev–Trinajstić information content (AvgIpc) is 3.18. The molecule has 1 aromatic heterocycles. The predicted molar refractivity (Wildman–Crippen MR) is 118 cm³/mol. The smallest absolute Gasteiger partial charge is 0.235 e. The third-order valence-corrected chi connectivity index (χ3v) is 6.06. The molecule has 0 fully saturated rings. The number of rotatable bonds is 7. The number of hydrogen-bond acceptors (Lipinski definition) is 4. The molecule has 3 aromatic carbocycles. The number of thioether (sulfide) groups is 1. The fourth-order valence-corrected chi connectivity index (χ4v) is 3.89. The third kappa shape index (κ3) is 4.93. The zero-order valence-electron chi connectivity index (χ0n) is 15.2. The highest BCUT2D eigenvalue weighted by Gasteiger charge is 2.12. The second kappa shape index (κ2) is 8.91. The number of para-hydroxylation sites is 2. The van der Waals surface area contributed by atoms with Crippen LogP contribution in [0.5, 0.6) is 5.75 Å². The molecule has 4 aromatic rings. The first-order valence-corrected chi connectivity index (χ1v) is 10.6. The van der Waals surface area contributed by atoms with Crippen molar-refractivity contribution in [1.29, 1.82) is 0 Å². The van der Waals surface area contributed by atoms with Gasteiger partial charge in [0.05, 0.1) is 21.1 Å². The molecule has 0 radical (unpaired) electrons. The molecule has 0 aliphatic rings. The predicted octanol–water partition coefficient (Wildman–Crippen LogP) is 6.42. The number of Topliss-reactive ketones (excluding diaryl/α,β-unsaturated/α-hetero) is 1. The average molecular weight is 443 g/mol. The number of nitrogens with zero attached hydrogens (tertiary/aromatic N) is 1. The summed E-state index contributed by atoms with van der Waals surface area (Å²) in [7, 11) is 0. The first-order chi connectivity index (χ1) is 14.1. The summed E-state index contributed by atoms with van der Waals surface area (Å²) in [4.78, 5) is 20.7. The Morgan fingerprint density at radius 3 is 2.55 bits per heavy atom. The standard InChI is InChI=1S/C22H16Cl2N2O2S/c23-17-10-5-14(11-18(17)24)13-29-16-8-6-15(7-9-16)28-12-21(27)22-25-19-3-1-2-4-20(19)26-22/h1-11H,12-13H2,(H,25,26). The summed E-state index contributed by atoms with van der Waals surface area (Å²) >= 11 is 13.7. The Morgan fingerprint density at radius 2 is 1.79 bits per heavy atom. The lowest BCUT2D eigenvalue weighted by Crippen LogP contribution is -2.13. The Bertz CT molecular complexity index is 1130. The number of ether oxygens (including phenoxy) is 1. The minimum absolute atomic E-state index is 0.0738. The maximum atomic E-state index is 12.3. The van der Waals surface area contributed by atoms with E-state index in [1.165, 1.54) is 0 Å². The molecular weight excluding hydrogens is 427 g/mol. The normalized spacial score (nSPS) is 11.0. The molecule has 1 heterocycles. The quantitative estimate of drug-likeness (QED) is 0.264. The molecule has 0 amide bonds. The van der Waals surface area contributed by atoms with E-state index in [1.807, 2.05) is 60.7 Å². The van der Waals surface area contributed by atoms with Gasteiger partial charge in [-0.3, -0.25) is 4.79 Å². The topological polar surface area (TPSA) is 55.0 Å². The van der Waals surface area contributed by atoms with Gasteiger partial charge in [-0.15, -0.1) is 11.8 Å². The van der Waals surface area contributed by atoms with Crippen LogP contribution in [-0.2, 0) is 5.75 Å². The summed E-state index contributed by atoms with van der Waals surface area (Å²) < 4.78 is 5.61. The maximum Gasteiger partial charge on any atom is 0.235 e. The Balaban J connectivity index is 1.31. The van der Waals surface area contributed by atoms with Gasteiger partial charge in [0, 0.05) is 10.6 Å². The van der Waals surface area contributed by atoms with Crippen molar-refractivity contribution in [3.8, 4) is 5.75 Å². The number of nitrogens with one attached hydrogen (secondary N) is 1. The van der Waals surface area contributed by atoms with Crippen LogP contribution in [0.3, 0.4) is 0 Å². The van der Waals surface area contributed by atoms with Gasteiger partial charge in [0.1, 0.15) is 5.75 Å². The number of carbonyl (C=O) groups excluding carboxylic acids is 1. The first-order valence-electron chi connectivity index (χ1n) is 8.86. The molecule has 0 aliphatic heterocycles. The lowest BCUT2D eigenvalue weighted by atomic mass is 10.2. The van der Waals surface area contributed by atoms with Gasteiger partial charge in [-0.25, -0.2) is 4.98 Å². The van der Waals surface area contributed by atoms with E-state index >= 15 is 0 Å². The van der Waals surface area contributed by atoms with E-state index in [2.05, 4.69) is 9.97 Å². The van der Waals surface area contributed by atoms with E-state index < -0.39 is 0 Å². The zero-order valence-corrected chi connectivity index (χ0v) is 17.5. The van der Waals surface area contributed by atoms with Crippen molar-refractivity contribution in [1.82, 2.24) is 9.97 Å². The molecule has 0 bridgehead atoms. The lowest BCUT2D eigenvalue weighted by molar-refractivity contribution is 0.0912. The highest BCUT2D eigenvalue weighted by Crippen LogP contribution is 2.28. The van der Waals surface area contributed by atoms with Gasteiger partial charge in [-0.05, 0) is 54.1 Å². The first kappa shape index (κ1) is 19.8. The van der Waals surface area contributed by atoms with E-state index in [0.717, 1.165) is 27.2 Å². The van der Waals surface area contributed by atoms with Gasteiger partial charge in [-0.2, -0.15) is 0 Å². The van der Waals surface area contributed by atoms with Crippen LogP contribution < -0.4 is 4.74 Å². The molecule has 0 saturated carbocycles. The highest BCUT2D eigenvalue weighted by molar-refractivity contribution is 7.98. The summed E-state index contributed by atoms with van der Waals surface area (Å²) in [5.41, 5.74) is 2.69. The number of aromatic nitrogens is 2. The third-order valence-electron chi connectivity index (χ3n) is 4.24. The van der Waals surface area contributed by atoms with Gasteiger partial charge in [-0.1, -0.05) is 41.4 Å². The Hall–Kier alpha value is -2.47. The molecule has 7 heteroatoms. The van der Waals surface area contributed by atoms with E-state index in [-0.39, 0.29) is 12.4 Å². The SMILES string of the molecule is O=C(COc1ccc(SCc2ccc(Cl)c(Cl)c2)cc1)c1nc2ccccc2[nH]1. The number of aromatic amines is 1. The Labute approximate surface area is 182 Å². The van der Waals surface area contributed by atoms with Crippen LogP contribution in [0.15, 0.2) is 71.6 Å². The Morgan fingerprint density at radius 1 is 1.00 bits per heavy atom. The minimum atomic E-state index is -0.195. The van der Waals surface area contributed by atoms with Crippen LogP contribution >= 0.6 is 35.0 Å². The van der Waals surface area contributed by atoms with Crippen LogP contribution in [0.4, 0.5) is 0 Å². The fourth-order valence-electron chi connectivity index (χ4n) is 2.73. The highest BCUT2D eigenvalue weighted by atomic mass is 35.5. The number of ketones is 1.